The SMILES string of the molecule is COc1ccc(Sc2ccc(C)nc2Cl)cc1. The number of nitrogens with zero attached hydrogens (tertiary/aromatic N) is 1. The number of benzene rings is 1. The largest absolute Gasteiger partial charge is 0.497 e. The molecular weight excluding hydrogens is 254 g/mol. The summed E-state index contributed by atoms with van der Waals surface area (Å²) in [5, 5.41) is 0.547. The molecule has 0 aliphatic carbocycles. The van der Waals surface area contributed by atoms with E-state index in [0.29, 0.717) is 5.15 Å². The average Bonchev–Trinajstić information content (AvgIpc) is 2.34. The lowest BCUT2D eigenvalue weighted by atomic mass is 10.3. The first-order chi connectivity index (χ1) is 8.19. The zero-order chi connectivity index (χ0) is 12.3. The number of hydrogen-bond donors (Lipinski definition) is 0. The third kappa shape index (κ3) is 3.14. The summed E-state index contributed by atoms with van der Waals surface area (Å²) in [6, 6.07) is 11.8. The van der Waals surface area contributed by atoms with Gasteiger partial charge in [0.15, 0.2) is 0 Å². The number of pyridine rings is 1. The van der Waals surface area contributed by atoms with Crippen LogP contribution in [0, 0.1) is 6.92 Å². The van der Waals surface area contributed by atoms with Crippen molar-refractivity contribution >= 4 is 23.4 Å². The quantitative estimate of drug-likeness (QED) is 0.777. The molecule has 0 fully saturated rings. The van der Waals surface area contributed by atoms with E-state index in [4.69, 9.17) is 16.3 Å². The Morgan fingerprint density at radius 3 is 2.41 bits per heavy atom. The van der Waals surface area contributed by atoms with Crippen LogP contribution in [-0.4, -0.2) is 12.1 Å². The predicted molar refractivity (Wildman–Crippen MR) is 71.1 cm³/mol. The first kappa shape index (κ1) is 12.3. The Balaban J connectivity index is 2.19. The van der Waals surface area contributed by atoms with E-state index in [-0.39, 0.29) is 0 Å². The van der Waals surface area contributed by atoms with Gasteiger partial charge < -0.3 is 4.74 Å². The minimum Gasteiger partial charge on any atom is -0.497 e. The van der Waals surface area contributed by atoms with E-state index in [9.17, 15) is 0 Å². The molecule has 0 radical (unpaired) electrons. The Morgan fingerprint density at radius 1 is 1.12 bits per heavy atom. The van der Waals surface area contributed by atoms with Gasteiger partial charge in [-0.05, 0) is 43.3 Å². The zero-order valence-electron chi connectivity index (χ0n) is 9.61. The molecule has 2 rings (SSSR count). The second kappa shape index (κ2) is 5.43. The van der Waals surface area contributed by atoms with Crippen molar-refractivity contribution < 1.29 is 4.74 Å². The second-order valence-electron chi connectivity index (χ2n) is 3.52. The molecule has 0 saturated heterocycles. The van der Waals surface area contributed by atoms with Gasteiger partial charge in [0.05, 0.1) is 7.11 Å². The second-order valence-corrected chi connectivity index (χ2v) is 4.99. The molecule has 0 amide bonds. The Hall–Kier alpha value is -1.19. The van der Waals surface area contributed by atoms with Crippen LogP contribution in [0.25, 0.3) is 0 Å². The molecule has 2 nitrogen and oxygen atoms in total. The van der Waals surface area contributed by atoms with Crippen LogP contribution in [0.4, 0.5) is 0 Å². The Morgan fingerprint density at radius 2 is 1.82 bits per heavy atom. The highest BCUT2D eigenvalue weighted by atomic mass is 35.5. The average molecular weight is 266 g/mol. The van der Waals surface area contributed by atoms with Gasteiger partial charge in [0.25, 0.3) is 0 Å². The molecule has 0 bridgehead atoms. The van der Waals surface area contributed by atoms with Gasteiger partial charge in [0.2, 0.25) is 0 Å². The normalized spacial score (nSPS) is 10.3. The smallest absolute Gasteiger partial charge is 0.143 e. The number of aryl methyl sites for hydroxylation is 1. The van der Waals surface area contributed by atoms with Crippen LogP contribution in [0.15, 0.2) is 46.2 Å². The lowest BCUT2D eigenvalue weighted by Gasteiger charge is -2.05. The summed E-state index contributed by atoms with van der Waals surface area (Å²) in [6.07, 6.45) is 0. The summed E-state index contributed by atoms with van der Waals surface area (Å²) >= 11 is 7.67. The summed E-state index contributed by atoms with van der Waals surface area (Å²) in [5.74, 6) is 0.850. The topological polar surface area (TPSA) is 22.1 Å². The summed E-state index contributed by atoms with van der Waals surface area (Å²) in [4.78, 5) is 6.29. The Labute approximate surface area is 110 Å². The molecular formula is C13H12ClNOS. The number of methoxy groups -OCH3 is 1. The molecule has 4 heteroatoms. The van der Waals surface area contributed by atoms with Gasteiger partial charge in [-0.3, -0.25) is 0 Å². The molecule has 0 saturated carbocycles. The van der Waals surface area contributed by atoms with Gasteiger partial charge in [-0.15, -0.1) is 0 Å². The van der Waals surface area contributed by atoms with E-state index in [1.165, 1.54) is 0 Å². The molecule has 1 heterocycles. The summed E-state index contributed by atoms with van der Waals surface area (Å²) in [6.45, 7) is 1.92. The molecule has 2 aromatic rings. The summed E-state index contributed by atoms with van der Waals surface area (Å²) in [5.41, 5.74) is 0.925. The standard InChI is InChI=1S/C13H12ClNOS/c1-9-3-8-12(13(14)15-9)17-11-6-4-10(16-2)5-7-11/h3-8H,1-2H3. The molecule has 0 aliphatic heterocycles. The molecule has 0 unspecified atom stereocenters. The van der Waals surface area contributed by atoms with E-state index in [1.807, 2.05) is 43.3 Å². The third-order valence-corrected chi connectivity index (χ3v) is 3.70. The molecule has 0 atom stereocenters. The Kier molecular flexibility index (Phi) is 3.92. The van der Waals surface area contributed by atoms with Crippen LogP contribution in [0.2, 0.25) is 5.15 Å². The van der Waals surface area contributed by atoms with Gasteiger partial charge >= 0.3 is 0 Å². The minimum atomic E-state index is 0.547. The first-order valence-corrected chi connectivity index (χ1v) is 6.33. The van der Waals surface area contributed by atoms with Crippen LogP contribution in [0.3, 0.4) is 0 Å². The fraction of sp³-hybridized carbons (Fsp3) is 0.154. The van der Waals surface area contributed by atoms with E-state index < -0.39 is 0 Å². The Bertz CT molecular complexity index is 513. The van der Waals surface area contributed by atoms with Crippen LogP contribution >= 0.6 is 23.4 Å². The number of halogens is 1. The lowest BCUT2D eigenvalue weighted by Crippen LogP contribution is -1.85. The van der Waals surface area contributed by atoms with Gasteiger partial charge in [0.1, 0.15) is 10.9 Å². The van der Waals surface area contributed by atoms with Crippen molar-refractivity contribution in [2.45, 2.75) is 16.7 Å². The maximum Gasteiger partial charge on any atom is 0.143 e. The van der Waals surface area contributed by atoms with E-state index >= 15 is 0 Å². The van der Waals surface area contributed by atoms with Crippen molar-refractivity contribution in [1.82, 2.24) is 4.98 Å². The van der Waals surface area contributed by atoms with Gasteiger partial charge in [0, 0.05) is 15.5 Å². The molecule has 1 aromatic heterocycles. The fourth-order valence-corrected chi connectivity index (χ4v) is 2.46. The maximum absolute atomic E-state index is 6.08. The van der Waals surface area contributed by atoms with Crippen molar-refractivity contribution in [3.05, 3.63) is 47.2 Å². The number of hydrogen-bond acceptors (Lipinski definition) is 3. The van der Waals surface area contributed by atoms with E-state index in [1.54, 1.807) is 18.9 Å². The van der Waals surface area contributed by atoms with Crippen LogP contribution in [0.5, 0.6) is 5.75 Å². The van der Waals surface area contributed by atoms with Crippen molar-refractivity contribution in [2.75, 3.05) is 7.11 Å². The predicted octanol–water partition coefficient (Wildman–Crippen LogP) is 4.20. The van der Waals surface area contributed by atoms with Crippen molar-refractivity contribution in [3.63, 3.8) is 0 Å². The molecule has 0 spiro atoms. The van der Waals surface area contributed by atoms with Crippen molar-refractivity contribution in [1.29, 1.82) is 0 Å². The number of aromatic nitrogens is 1. The van der Waals surface area contributed by atoms with Crippen molar-refractivity contribution in [2.24, 2.45) is 0 Å². The van der Waals surface area contributed by atoms with E-state index in [2.05, 4.69) is 4.98 Å². The lowest BCUT2D eigenvalue weighted by molar-refractivity contribution is 0.414. The summed E-state index contributed by atoms with van der Waals surface area (Å²) in [7, 11) is 1.66. The molecule has 1 aromatic carbocycles. The monoisotopic (exact) mass is 265 g/mol. The number of rotatable bonds is 3. The third-order valence-electron chi connectivity index (χ3n) is 2.24. The van der Waals surface area contributed by atoms with E-state index in [0.717, 1.165) is 21.2 Å². The highest BCUT2D eigenvalue weighted by Gasteiger charge is 2.04. The van der Waals surface area contributed by atoms with Crippen molar-refractivity contribution in [3.8, 4) is 5.75 Å². The van der Waals surface area contributed by atoms with Gasteiger partial charge in [-0.25, -0.2) is 4.98 Å². The molecule has 0 N–H and O–H groups in total. The fourth-order valence-electron chi connectivity index (χ4n) is 1.36. The van der Waals surface area contributed by atoms with Crippen LogP contribution in [0.1, 0.15) is 5.69 Å². The number of ether oxygens (including phenoxy) is 1. The highest BCUT2D eigenvalue weighted by molar-refractivity contribution is 7.99. The van der Waals surface area contributed by atoms with Crippen LogP contribution < -0.4 is 4.74 Å². The van der Waals surface area contributed by atoms with Gasteiger partial charge in [-0.1, -0.05) is 23.4 Å². The minimum absolute atomic E-state index is 0.547. The highest BCUT2D eigenvalue weighted by Crippen LogP contribution is 2.32. The first-order valence-electron chi connectivity index (χ1n) is 5.14. The van der Waals surface area contributed by atoms with Crippen LogP contribution in [-0.2, 0) is 0 Å². The zero-order valence-corrected chi connectivity index (χ0v) is 11.2. The molecule has 0 aliphatic rings. The van der Waals surface area contributed by atoms with Gasteiger partial charge in [-0.2, -0.15) is 0 Å². The molecule has 88 valence electrons. The molecule has 17 heavy (non-hydrogen) atoms. The maximum atomic E-state index is 6.08. The summed E-state index contributed by atoms with van der Waals surface area (Å²) < 4.78 is 5.11.